The van der Waals surface area contributed by atoms with Gasteiger partial charge >= 0.3 is 0 Å². The van der Waals surface area contributed by atoms with Gasteiger partial charge in [0, 0.05) is 20.3 Å². The number of hydrogen-bond donors (Lipinski definition) is 1. The van der Waals surface area contributed by atoms with Gasteiger partial charge in [-0.15, -0.1) is 0 Å². The second kappa shape index (κ2) is 4.24. The molecule has 0 aliphatic heterocycles. The second-order valence-electron chi connectivity index (χ2n) is 4.00. The van der Waals surface area contributed by atoms with Crippen molar-refractivity contribution in [2.45, 2.75) is 26.7 Å². The summed E-state index contributed by atoms with van der Waals surface area (Å²) in [5, 5.41) is 3.43. The van der Waals surface area contributed by atoms with E-state index in [1.807, 2.05) is 0 Å². The molecule has 0 amide bonds. The third kappa shape index (κ3) is 2.20. The molecule has 0 heterocycles. The molecule has 0 aromatic rings. The maximum atomic E-state index is 5.18. The fourth-order valence-electron chi connectivity index (χ4n) is 1.81. The topological polar surface area (TPSA) is 21.3 Å². The van der Waals surface area contributed by atoms with E-state index in [0.717, 1.165) is 13.2 Å². The third-order valence-corrected chi connectivity index (χ3v) is 3.08. The molecule has 72 valence electrons. The zero-order valence-electron chi connectivity index (χ0n) is 8.52. The van der Waals surface area contributed by atoms with Crippen LogP contribution in [0.4, 0.5) is 0 Å². The molecule has 1 rings (SSSR count). The molecule has 1 unspecified atom stereocenters. The average molecular weight is 171 g/mol. The van der Waals surface area contributed by atoms with Gasteiger partial charge in [0.1, 0.15) is 0 Å². The van der Waals surface area contributed by atoms with Crippen LogP contribution in [-0.4, -0.2) is 26.8 Å². The van der Waals surface area contributed by atoms with Crippen LogP contribution in [0.2, 0.25) is 0 Å². The summed E-state index contributed by atoms with van der Waals surface area (Å²) in [6.07, 6.45) is 2.76. The molecule has 0 radical (unpaired) electrons. The van der Waals surface area contributed by atoms with Gasteiger partial charge in [0.05, 0.1) is 0 Å². The SMILES string of the molecule is CCNCC1(C(C)COC)CC1. The van der Waals surface area contributed by atoms with Crippen molar-refractivity contribution in [2.24, 2.45) is 11.3 Å². The van der Waals surface area contributed by atoms with Crippen LogP contribution in [0.5, 0.6) is 0 Å². The predicted molar refractivity (Wildman–Crippen MR) is 51.3 cm³/mol. The first-order valence-corrected chi connectivity index (χ1v) is 4.95. The lowest BCUT2D eigenvalue weighted by Gasteiger charge is -2.22. The molecular weight excluding hydrogens is 150 g/mol. The molecule has 2 nitrogen and oxygen atoms in total. The first kappa shape index (κ1) is 10.0. The largest absolute Gasteiger partial charge is 0.384 e. The van der Waals surface area contributed by atoms with Crippen molar-refractivity contribution in [1.29, 1.82) is 0 Å². The summed E-state index contributed by atoms with van der Waals surface area (Å²) in [6, 6.07) is 0. The molecule has 1 aliphatic carbocycles. The lowest BCUT2D eigenvalue weighted by Crippen LogP contribution is -2.30. The second-order valence-corrected chi connectivity index (χ2v) is 4.00. The van der Waals surface area contributed by atoms with E-state index in [-0.39, 0.29) is 0 Å². The first-order valence-electron chi connectivity index (χ1n) is 4.95. The van der Waals surface area contributed by atoms with Crippen LogP contribution >= 0.6 is 0 Å². The van der Waals surface area contributed by atoms with Crippen molar-refractivity contribution in [3.05, 3.63) is 0 Å². The predicted octanol–water partition coefficient (Wildman–Crippen LogP) is 1.66. The van der Waals surface area contributed by atoms with Crippen LogP contribution < -0.4 is 5.32 Å². The Bertz CT molecular complexity index is 132. The molecule has 12 heavy (non-hydrogen) atoms. The Morgan fingerprint density at radius 1 is 1.50 bits per heavy atom. The van der Waals surface area contributed by atoms with Crippen molar-refractivity contribution >= 4 is 0 Å². The van der Waals surface area contributed by atoms with E-state index < -0.39 is 0 Å². The van der Waals surface area contributed by atoms with Gasteiger partial charge in [0.15, 0.2) is 0 Å². The van der Waals surface area contributed by atoms with E-state index in [1.54, 1.807) is 7.11 Å². The van der Waals surface area contributed by atoms with E-state index in [0.29, 0.717) is 11.3 Å². The van der Waals surface area contributed by atoms with Crippen molar-refractivity contribution in [2.75, 3.05) is 26.8 Å². The minimum atomic E-state index is 0.575. The van der Waals surface area contributed by atoms with Gasteiger partial charge in [-0.2, -0.15) is 0 Å². The first-order chi connectivity index (χ1) is 5.75. The summed E-state index contributed by atoms with van der Waals surface area (Å²) < 4.78 is 5.18. The van der Waals surface area contributed by atoms with E-state index >= 15 is 0 Å². The standard InChI is InChI=1S/C10H21NO/c1-4-11-8-10(5-6-10)9(2)7-12-3/h9,11H,4-8H2,1-3H3. The zero-order valence-corrected chi connectivity index (χ0v) is 8.52. The van der Waals surface area contributed by atoms with Crippen LogP contribution in [0.25, 0.3) is 0 Å². The number of nitrogens with one attached hydrogen (secondary N) is 1. The smallest absolute Gasteiger partial charge is 0.0493 e. The highest BCUT2D eigenvalue weighted by atomic mass is 16.5. The monoisotopic (exact) mass is 171 g/mol. The number of ether oxygens (including phenoxy) is 1. The van der Waals surface area contributed by atoms with E-state index in [4.69, 9.17) is 4.74 Å². The zero-order chi connectivity index (χ0) is 9.03. The molecule has 1 fully saturated rings. The van der Waals surface area contributed by atoms with E-state index in [9.17, 15) is 0 Å². The summed E-state index contributed by atoms with van der Waals surface area (Å²) in [4.78, 5) is 0. The van der Waals surface area contributed by atoms with Crippen LogP contribution in [0.3, 0.4) is 0 Å². The van der Waals surface area contributed by atoms with Gasteiger partial charge < -0.3 is 10.1 Å². The quantitative estimate of drug-likeness (QED) is 0.656. The molecule has 2 heteroatoms. The minimum Gasteiger partial charge on any atom is -0.384 e. The van der Waals surface area contributed by atoms with Crippen LogP contribution in [0, 0.1) is 11.3 Å². The van der Waals surface area contributed by atoms with Gasteiger partial charge in [-0.25, -0.2) is 0 Å². The highest BCUT2D eigenvalue weighted by Gasteiger charge is 2.46. The molecule has 1 aliphatic rings. The summed E-state index contributed by atoms with van der Waals surface area (Å²) >= 11 is 0. The highest BCUT2D eigenvalue weighted by molar-refractivity contribution is 4.98. The Labute approximate surface area is 75.7 Å². The Hall–Kier alpha value is -0.0800. The van der Waals surface area contributed by atoms with Gasteiger partial charge in [0.2, 0.25) is 0 Å². The summed E-state index contributed by atoms with van der Waals surface area (Å²) in [6.45, 7) is 7.63. The van der Waals surface area contributed by atoms with Gasteiger partial charge in [-0.3, -0.25) is 0 Å². The van der Waals surface area contributed by atoms with Gasteiger partial charge in [0.25, 0.3) is 0 Å². The van der Waals surface area contributed by atoms with Crippen molar-refractivity contribution < 1.29 is 4.74 Å². The van der Waals surface area contributed by atoms with Crippen molar-refractivity contribution in [3.63, 3.8) is 0 Å². The van der Waals surface area contributed by atoms with Crippen molar-refractivity contribution in [3.8, 4) is 0 Å². The number of rotatable bonds is 6. The van der Waals surface area contributed by atoms with Crippen molar-refractivity contribution in [1.82, 2.24) is 5.32 Å². The van der Waals surface area contributed by atoms with Crippen LogP contribution in [0.15, 0.2) is 0 Å². The normalized spacial score (nSPS) is 22.2. The molecule has 0 bridgehead atoms. The molecule has 0 spiro atoms. The highest BCUT2D eigenvalue weighted by Crippen LogP contribution is 2.51. The van der Waals surface area contributed by atoms with Crippen LogP contribution in [-0.2, 0) is 4.74 Å². The lowest BCUT2D eigenvalue weighted by molar-refractivity contribution is 0.120. The molecule has 1 saturated carbocycles. The maximum Gasteiger partial charge on any atom is 0.0493 e. The Morgan fingerprint density at radius 2 is 2.17 bits per heavy atom. The molecule has 1 atom stereocenters. The average Bonchev–Trinajstić information content (AvgIpc) is 2.82. The Kier molecular flexibility index (Phi) is 3.53. The molecular formula is C10H21NO. The Balaban J connectivity index is 2.27. The Morgan fingerprint density at radius 3 is 2.58 bits per heavy atom. The summed E-state index contributed by atoms with van der Waals surface area (Å²) in [5.41, 5.74) is 0.575. The lowest BCUT2D eigenvalue weighted by atomic mass is 9.91. The fraction of sp³-hybridized carbons (Fsp3) is 1.00. The molecule has 0 aromatic heterocycles. The summed E-state index contributed by atoms with van der Waals surface area (Å²) in [7, 11) is 1.79. The van der Waals surface area contributed by atoms with Gasteiger partial charge in [-0.1, -0.05) is 13.8 Å². The number of hydrogen-bond acceptors (Lipinski definition) is 2. The van der Waals surface area contributed by atoms with E-state index in [2.05, 4.69) is 19.2 Å². The fourth-order valence-corrected chi connectivity index (χ4v) is 1.81. The minimum absolute atomic E-state index is 0.575. The van der Waals surface area contributed by atoms with E-state index in [1.165, 1.54) is 19.4 Å². The summed E-state index contributed by atoms with van der Waals surface area (Å²) in [5.74, 6) is 0.710. The molecule has 0 aromatic carbocycles. The number of methoxy groups -OCH3 is 1. The third-order valence-electron chi connectivity index (χ3n) is 3.08. The van der Waals surface area contributed by atoms with Crippen LogP contribution in [0.1, 0.15) is 26.7 Å². The molecule has 0 saturated heterocycles. The van der Waals surface area contributed by atoms with Gasteiger partial charge in [-0.05, 0) is 30.7 Å². The maximum absolute atomic E-state index is 5.18. The molecule has 1 N–H and O–H groups in total.